The maximum Gasteiger partial charge on any atom is 0.407 e. The van der Waals surface area contributed by atoms with E-state index in [1.807, 2.05) is 81.6 Å². The fraction of sp³-hybridized carbons (Fsp3) is 0.370. The van der Waals surface area contributed by atoms with E-state index in [4.69, 9.17) is 4.74 Å². The van der Waals surface area contributed by atoms with Gasteiger partial charge in [-0.3, -0.25) is 20.5 Å². The Morgan fingerprint density at radius 3 is 2.42 bits per heavy atom. The normalized spacial score (nSPS) is 11.2. The number of ether oxygens (including phenoxy) is 1. The molecule has 0 saturated heterocycles. The number of anilines is 1. The summed E-state index contributed by atoms with van der Waals surface area (Å²) in [5.41, 5.74) is 7.62. The van der Waals surface area contributed by atoms with Gasteiger partial charge in [-0.15, -0.1) is 0 Å². The number of hydrogen-bond acceptors (Lipinski definition) is 6. The van der Waals surface area contributed by atoms with Crippen LogP contribution in [0.3, 0.4) is 0 Å². The second-order valence-electron chi connectivity index (χ2n) is 9.52. The molecule has 0 aliphatic rings. The van der Waals surface area contributed by atoms with E-state index in [0.717, 1.165) is 36.5 Å². The molecule has 0 bridgehead atoms. The molecule has 3 rings (SSSR count). The van der Waals surface area contributed by atoms with Crippen LogP contribution in [0.2, 0.25) is 0 Å². The number of aromatic amines is 1. The molecule has 0 saturated carbocycles. The van der Waals surface area contributed by atoms with Crippen molar-refractivity contribution in [2.75, 3.05) is 18.5 Å². The number of rotatable bonds is 12. The van der Waals surface area contributed by atoms with Crippen molar-refractivity contribution >= 4 is 17.7 Å². The number of hydrogen-bond donors (Lipinski definition) is 4. The first kappa shape index (κ1) is 26.7. The highest BCUT2D eigenvalue weighted by Crippen LogP contribution is 2.12. The van der Waals surface area contributed by atoms with E-state index in [-0.39, 0.29) is 5.91 Å². The summed E-state index contributed by atoms with van der Waals surface area (Å²) in [6.45, 7) is 8.32. The highest BCUT2D eigenvalue weighted by molar-refractivity contribution is 5.94. The van der Waals surface area contributed by atoms with E-state index >= 15 is 0 Å². The van der Waals surface area contributed by atoms with Gasteiger partial charge in [-0.05, 0) is 70.0 Å². The summed E-state index contributed by atoms with van der Waals surface area (Å²) in [5, 5.41) is 2.80. The predicted molar refractivity (Wildman–Crippen MR) is 140 cm³/mol. The van der Waals surface area contributed by atoms with Gasteiger partial charge in [0, 0.05) is 31.0 Å². The van der Waals surface area contributed by atoms with Crippen LogP contribution in [0.4, 0.5) is 10.5 Å². The topological polar surface area (TPSA) is 111 Å². The number of benzene rings is 2. The zero-order valence-corrected chi connectivity index (χ0v) is 21.2. The van der Waals surface area contributed by atoms with E-state index in [9.17, 15) is 9.59 Å². The number of carbonyl (C=O) groups is 2. The van der Waals surface area contributed by atoms with Gasteiger partial charge in [0.15, 0.2) is 0 Å². The number of imidazole rings is 1. The molecule has 0 aliphatic carbocycles. The molecule has 4 N–H and O–H groups in total. The quantitative estimate of drug-likeness (QED) is 0.219. The average molecular weight is 493 g/mol. The fourth-order valence-corrected chi connectivity index (χ4v) is 3.52. The lowest BCUT2D eigenvalue weighted by Gasteiger charge is -2.22. The third kappa shape index (κ3) is 9.79. The first-order valence-corrected chi connectivity index (χ1v) is 12.2. The van der Waals surface area contributed by atoms with Gasteiger partial charge in [-0.25, -0.2) is 9.78 Å². The molecule has 0 radical (unpaired) electrons. The third-order valence-corrected chi connectivity index (χ3v) is 5.21. The zero-order chi connectivity index (χ0) is 25.8. The van der Waals surface area contributed by atoms with Gasteiger partial charge in [0.05, 0.1) is 12.2 Å². The summed E-state index contributed by atoms with van der Waals surface area (Å²) >= 11 is 0. The van der Waals surface area contributed by atoms with Crippen LogP contribution >= 0.6 is 0 Å². The lowest BCUT2D eigenvalue weighted by atomic mass is 10.1. The zero-order valence-electron chi connectivity index (χ0n) is 21.2. The lowest BCUT2D eigenvalue weighted by Crippen LogP contribution is -2.33. The van der Waals surface area contributed by atoms with Gasteiger partial charge in [0.1, 0.15) is 11.4 Å². The van der Waals surface area contributed by atoms with Crippen molar-refractivity contribution in [3.63, 3.8) is 0 Å². The molecule has 1 heterocycles. The minimum absolute atomic E-state index is 0.199. The van der Waals surface area contributed by atoms with Gasteiger partial charge < -0.3 is 15.0 Å². The molecule has 0 atom stereocenters. The molecule has 9 heteroatoms. The maximum atomic E-state index is 12.5. The molecular formula is C27H36N6O3. The molecule has 1 aromatic heterocycles. The number of H-pyrrole nitrogens is 1. The Kier molecular flexibility index (Phi) is 9.88. The van der Waals surface area contributed by atoms with Gasteiger partial charge in [0.25, 0.3) is 5.91 Å². The summed E-state index contributed by atoms with van der Waals surface area (Å²) in [6.07, 6.45) is 4.91. The Bertz CT molecular complexity index is 1060. The van der Waals surface area contributed by atoms with Crippen LogP contribution in [-0.2, 0) is 17.8 Å². The second kappa shape index (κ2) is 13.3. The number of carbonyl (C=O) groups excluding carboxylic acids is 2. The Balaban J connectivity index is 1.48. The number of alkyl carbamates (subject to hydrolysis) is 1. The largest absolute Gasteiger partial charge is 0.444 e. The molecule has 0 aliphatic heterocycles. The monoisotopic (exact) mass is 492 g/mol. The van der Waals surface area contributed by atoms with Crippen molar-refractivity contribution < 1.29 is 14.3 Å². The van der Waals surface area contributed by atoms with Crippen LogP contribution in [0.5, 0.6) is 0 Å². The van der Waals surface area contributed by atoms with Gasteiger partial charge in [-0.2, -0.15) is 0 Å². The van der Waals surface area contributed by atoms with Crippen LogP contribution in [0.25, 0.3) is 0 Å². The second-order valence-corrected chi connectivity index (χ2v) is 9.52. The van der Waals surface area contributed by atoms with Crippen molar-refractivity contribution in [2.24, 2.45) is 0 Å². The Hall–Kier alpha value is -3.85. The summed E-state index contributed by atoms with van der Waals surface area (Å²) in [5.74, 6) is 0.695. The number of amides is 2. The SMILES string of the molecule is CC(C)(C)OC(=O)NCCCCN(Cc1ccc(C(=O)NNc2ccccc2)cc1)Cc1ncc[nH]1. The summed E-state index contributed by atoms with van der Waals surface area (Å²) < 4.78 is 5.27. The highest BCUT2D eigenvalue weighted by Gasteiger charge is 2.15. The molecule has 3 aromatic rings. The standard InChI is InChI=1S/C27H36N6O3/c1-27(2,3)36-26(35)30-15-7-8-18-33(20-24-28-16-17-29-24)19-21-11-13-22(14-12-21)25(34)32-31-23-9-5-4-6-10-23/h4-6,9-14,16-17,31H,7-8,15,18-20H2,1-3H3,(H,28,29)(H,30,35)(H,32,34). The summed E-state index contributed by atoms with van der Waals surface area (Å²) in [6, 6.07) is 17.1. The number of nitrogens with one attached hydrogen (secondary N) is 4. The van der Waals surface area contributed by atoms with Crippen LogP contribution in [0.15, 0.2) is 67.0 Å². The molecule has 0 unspecified atom stereocenters. The molecular weight excluding hydrogens is 456 g/mol. The van der Waals surface area contributed by atoms with Crippen molar-refractivity contribution in [1.29, 1.82) is 0 Å². The Morgan fingerprint density at radius 1 is 1.00 bits per heavy atom. The minimum atomic E-state index is -0.501. The first-order valence-electron chi connectivity index (χ1n) is 12.2. The van der Waals surface area contributed by atoms with Crippen molar-refractivity contribution in [1.82, 2.24) is 25.6 Å². The van der Waals surface area contributed by atoms with Crippen LogP contribution < -0.4 is 16.2 Å². The summed E-state index contributed by atoms with van der Waals surface area (Å²) in [7, 11) is 0. The minimum Gasteiger partial charge on any atom is -0.444 e. The number of unbranched alkanes of at least 4 members (excludes halogenated alkanes) is 1. The van der Waals surface area contributed by atoms with Crippen LogP contribution in [0, 0.1) is 0 Å². The average Bonchev–Trinajstić information content (AvgIpc) is 3.35. The highest BCUT2D eigenvalue weighted by atomic mass is 16.6. The molecule has 0 spiro atoms. The number of hydrazine groups is 1. The van der Waals surface area contributed by atoms with E-state index < -0.39 is 11.7 Å². The Labute approximate surface area is 212 Å². The lowest BCUT2D eigenvalue weighted by molar-refractivity contribution is 0.0526. The van der Waals surface area contributed by atoms with E-state index in [2.05, 4.69) is 31.0 Å². The van der Waals surface area contributed by atoms with E-state index in [1.165, 1.54) is 0 Å². The number of para-hydroxylation sites is 1. The van der Waals surface area contributed by atoms with Crippen molar-refractivity contribution in [3.8, 4) is 0 Å². The Morgan fingerprint density at radius 2 is 1.75 bits per heavy atom. The van der Waals surface area contributed by atoms with Crippen LogP contribution in [-0.4, -0.2) is 45.6 Å². The van der Waals surface area contributed by atoms with Gasteiger partial charge in [-0.1, -0.05) is 30.3 Å². The van der Waals surface area contributed by atoms with E-state index in [0.29, 0.717) is 25.2 Å². The van der Waals surface area contributed by atoms with E-state index in [1.54, 1.807) is 6.20 Å². The molecule has 0 fully saturated rings. The first-order chi connectivity index (χ1) is 17.3. The third-order valence-electron chi connectivity index (χ3n) is 5.21. The smallest absolute Gasteiger partial charge is 0.407 e. The summed E-state index contributed by atoms with van der Waals surface area (Å²) in [4.78, 5) is 34.1. The number of nitrogens with zero attached hydrogens (tertiary/aromatic N) is 2. The fourth-order valence-electron chi connectivity index (χ4n) is 3.52. The molecule has 9 nitrogen and oxygen atoms in total. The molecule has 2 aromatic carbocycles. The van der Waals surface area contributed by atoms with Gasteiger partial charge >= 0.3 is 6.09 Å². The molecule has 36 heavy (non-hydrogen) atoms. The maximum absolute atomic E-state index is 12.5. The number of aromatic nitrogens is 2. The predicted octanol–water partition coefficient (Wildman–Crippen LogP) is 4.47. The van der Waals surface area contributed by atoms with Crippen molar-refractivity contribution in [2.45, 2.75) is 52.3 Å². The molecule has 2 amide bonds. The van der Waals surface area contributed by atoms with Crippen molar-refractivity contribution in [3.05, 3.63) is 83.9 Å². The van der Waals surface area contributed by atoms with Gasteiger partial charge in [0.2, 0.25) is 0 Å². The van der Waals surface area contributed by atoms with Crippen LogP contribution in [0.1, 0.15) is 55.4 Å². The molecule has 192 valence electrons.